The summed E-state index contributed by atoms with van der Waals surface area (Å²) in [5.41, 5.74) is 1.22. The molecule has 1 aliphatic heterocycles. The fourth-order valence-electron chi connectivity index (χ4n) is 2.15. The monoisotopic (exact) mass is 288 g/mol. The molecule has 0 aromatic carbocycles. The van der Waals surface area contributed by atoms with E-state index in [2.05, 4.69) is 42.7 Å². The minimum atomic E-state index is -0.213. The van der Waals surface area contributed by atoms with Gasteiger partial charge in [-0.05, 0) is 20.8 Å². The standard InChI is InChI=1S/C13H24N4O.ClH/c1-13(2,3)17-9-10(5-16-17)4-14-6-11-7-15-8-12(11)18;/h5,9,11-12,14-15,18H,4,6-8H2,1-3H3;1H. The first-order valence-electron chi connectivity index (χ1n) is 6.60. The highest BCUT2D eigenvalue weighted by Gasteiger charge is 2.24. The third kappa shape index (κ3) is 4.45. The van der Waals surface area contributed by atoms with Crippen LogP contribution in [0.2, 0.25) is 0 Å². The van der Waals surface area contributed by atoms with Crippen LogP contribution in [0.1, 0.15) is 26.3 Å². The second-order valence-corrected chi connectivity index (χ2v) is 6.08. The highest BCUT2D eigenvalue weighted by molar-refractivity contribution is 5.85. The van der Waals surface area contributed by atoms with Crippen molar-refractivity contribution in [1.82, 2.24) is 20.4 Å². The van der Waals surface area contributed by atoms with Crippen molar-refractivity contribution in [2.75, 3.05) is 19.6 Å². The number of hydrogen-bond acceptors (Lipinski definition) is 4. The number of β-amino-alcohol motifs (C(OH)–C–C–N with tert-alkyl or cyclic N) is 1. The molecular weight excluding hydrogens is 264 g/mol. The Morgan fingerprint density at radius 1 is 1.47 bits per heavy atom. The predicted octanol–water partition coefficient (Wildman–Crippen LogP) is 0.730. The average molecular weight is 289 g/mol. The van der Waals surface area contributed by atoms with Gasteiger partial charge in [0.05, 0.1) is 17.8 Å². The lowest BCUT2D eigenvalue weighted by molar-refractivity contribution is 0.146. The lowest BCUT2D eigenvalue weighted by Crippen LogP contribution is -2.30. The third-order valence-corrected chi connectivity index (χ3v) is 3.36. The molecule has 0 spiro atoms. The van der Waals surface area contributed by atoms with E-state index in [0.29, 0.717) is 12.5 Å². The van der Waals surface area contributed by atoms with Crippen LogP contribution in [0.5, 0.6) is 0 Å². The summed E-state index contributed by atoms with van der Waals surface area (Å²) in [6.07, 6.45) is 3.77. The van der Waals surface area contributed by atoms with Gasteiger partial charge in [0, 0.05) is 43.9 Å². The van der Waals surface area contributed by atoms with Crippen LogP contribution in [-0.4, -0.2) is 40.6 Å². The fraction of sp³-hybridized carbons (Fsp3) is 0.769. The van der Waals surface area contributed by atoms with Crippen LogP contribution in [-0.2, 0) is 12.1 Å². The van der Waals surface area contributed by atoms with Crippen LogP contribution in [0.15, 0.2) is 12.4 Å². The van der Waals surface area contributed by atoms with Gasteiger partial charge in [0.25, 0.3) is 0 Å². The predicted molar refractivity (Wildman–Crippen MR) is 78.5 cm³/mol. The van der Waals surface area contributed by atoms with Crippen molar-refractivity contribution >= 4 is 12.4 Å². The van der Waals surface area contributed by atoms with Crippen molar-refractivity contribution in [3.63, 3.8) is 0 Å². The first-order chi connectivity index (χ1) is 8.47. The van der Waals surface area contributed by atoms with Gasteiger partial charge >= 0.3 is 0 Å². The second kappa shape index (κ2) is 6.70. The van der Waals surface area contributed by atoms with Crippen LogP contribution in [0, 0.1) is 5.92 Å². The molecule has 1 aromatic heterocycles. The zero-order chi connectivity index (χ0) is 13.2. The van der Waals surface area contributed by atoms with Gasteiger partial charge in [0.1, 0.15) is 0 Å². The Balaban J connectivity index is 0.00000180. The van der Waals surface area contributed by atoms with Crippen molar-refractivity contribution in [2.24, 2.45) is 5.92 Å². The van der Waals surface area contributed by atoms with Crippen molar-refractivity contribution in [3.05, 3.63) is 18.0 Å². The number of rotatable bonds is 4. The molecule has 0 amide bonds. The lowest BCUT2D eigenvalue weighted by Gasteiger charge is -2.18. The Labute approximate surface area is 121 Å². The molecule has 0 aliphatic carbocycles. The number of aromatic nitrogens is 2. The summed E-state index contributed by atoms with van der Waals surface area (Å²) >= 11 is 0. The SMILES string of the molecule is CC(C)(C)n1cc(CNCC2CNCC2O)cn1.Cl. The van der Waals surface area contributed by atoms with Crippen LogP contribution in [0.3, 0.4) is 0 Å². The molecular formula is C13H25ClN4O. The van der Waals surface area contributed by atoms with E-state index in [1.165, 1.54) is 5.56 Å². The lowest BCUT2D eigenvalue weighted by atomic mass is 10.1. The topological polar surface area (TPSA) is 62.1 Å². The zero-order valence-electron chi connectivity index (χ0n) is 11.9. The minimum Gasteiger partial charge on any atom is -0.391 e. The Morgan fingerprint density at radius 2 is 2.21 bits per heavy atom. The molecule has 6 heteroatoms. The summed E-state index contributed by atoms with van der Waals surface area (Å²) in [7, 11) is 0. The quantitative estimate of drug-likeness (QED) is 0.764. The fourth-order valence-corrected chi connectivity index (χ4v) is 2.15. The molecule has 2 rings (SSSR count). The summed E-state index contributed by atoms with van der Waals surface area (Å²) in [4.78, 5) is 0. The molecule has 1 fully saturated rings. The number of aliphatic hydroxyl groups is 1. The van der Waals surface area contributed by atoms with Crippen molar-refractivity contribution < 1.29 is 5.11 Å². The van der Waals surface area contributed by atoms with Gasteiger partial charge < -0.3 is 15.7 Å². The van der Waals surface area contributed by atoms with Gasteiger partial charge in [-0.2, -0.15) is 5.10 Å². The highest BCUT2D eigenvalue weighted by Crippen LogP contribution is 2.13. The summed E-state index contributed by atoms with van der Waals surface area (Å²) in [5.74, 6) is 0.322. The van der Waals surface area contributed by atoms with Gasteiger partial charge in [-0.3, -0.25) is 4.68 Å². The number of hydrogen-bond donors (Lipinski definition) is 3. The third-order valence-electron chi connectivity index (χ3n) is 3.36. The molecule has 110 valence electrons. The molecule has 19 heavy (non-hydrogen) atoms. The number of aliphatic hydroxyl groups excluding tert-OH is 1. The molecule has 2 atom stereocenters. The summed E-state index contributed by atoms with van der Waals surface area (Å²) < 4.78 is 1.98. The van der Waals surface area contributed by atoms with Crippen LogP contribution < -0.4 is 10.6 Å². The maximum absolute atomic E-state index is 9.68. The second-order valence-electron chi connectivity index (χ2n) is 6.08. The molecule has 3 N–H and O–H groups in total. The van der Waals surface area contributed by atoms with E-state index in [0.717, 1.165) is 19.6 Å². The number of nitrogens with one attached hydrogen (secondary N) is 2. The van der Waals surface area contributed by atoms with Crippen LogP contribution >= 0.6 is 12.4 Å². The molecule has 1 saturated heterocycles. The molecule has 0 saturated carbocycles. The van der Waals surface area contributed by atoms with Gasteiger partial charge in [-0.15, -0.1) is 12.4 Å². The van der Waals surface area contributed by atoms with E-state index in [1.807, 2.05) is 10.9 Å². The van der Waals surface area contributed by atoms with Crippen LogP contribution in [0.25, 0.3) is 0 Å². The number of halogens is 1. The molecule has 5 nitrogen and oxygen atoms in total. The largest absolute Gasteiger partial charge is 0.391 e. The van der Waals surface area contributed by atoms with Crippen molar-refractivity contribution in [1.29, 1.82) is 0 Å². The normalized spacial score (nSPS) is 23.4. The van der Waals surface area contributed by atoms with Gasteiger partial charge in [0.2, 0.25) is 0 Å². The first kappa shape index (κ1) is 16.4. The van der Waals surface area contributed by atoms with Gasteiger partial charge in [0.15, 0.2) is 0 Å². The smallest absolute Gasteiger partial charge is 0.0716 e. The zero-order valence-corrected chi connectivity index (χ0v) is 12.7. The summed E-state index contributed by atoms with van der Waals surface area (Å²) in [6, 6.07) is 0. The van der Waals surface area contributed by atoms with E-state index in [-0.39, 0.29) is 24.0 Å². The molecule has 0 radical (unpaired) electrons. The molecule has 2 heterocycles. The van der Waals surface area contributed by atoms with E-state index in [1.54, 1.807) is 0 Å². The maximum Gasteiger partial charge on any atom is 0.0716 e. The molecule has 1 aromatic rings. The summed E-state index contributed by atoms with van der Waals surface area (Å²) in [5, 5.41) is 20.6. The molecule has 0 bridgehead atoms. The Kier molecular flexibility index (Phi) is 5.80. The molecule has 2 unspecified atom stereocenters. The average Bonchev–Trinajstić information content (AvgIpc) is 2.88. The van der Waals surface area contributed by atoms with E-state index >= 15 is 0 Å². The number of nitrogens with zero attached hydrogens (tertiary/aromatic N) is 2. The Bertz CT molecular complexity index is 388. The Hall–Kier alpha value is -0.620. The summed E-state index contributed by atoms with van der Waals surface area (Å²) in [6.45, 7) is 9.67. The molecule has 1 aliphatic rings. The van der Waals surface area contributed by atoms with Gasteiger partial charge in [-0.1, -0.05) is 0 Å². The first-order valence-corrected chi connectivity index (χ1v) is 6.60. The van der Waals surface area contributed by atoms with Crippen molar-refractivity contribution in [2.45, 2.75) is 39.0 Å². The Morgan fingerprint density at radius 3 is 2.74 bits per heavy atom. The minimum absolute atomic E-state index is 0. The highest BCUT2D eigenvalue weighted by atomic mass is 35.5. The van der Waals surface area contributed by atoms with Crippen LogP contribution in [0.4, 0.5) is 0 Å². The van der Waals surface area contributed by atoms with E-state index in [9.17, 15) is 5.11 Å². The van der Waals surface area contributed by atoms with Gasteiger partial charge in [-0.25, -0.2) is 0 Å². The maximum atomic E-state index is 9.68. The van der Waals surface area contributed by atoms with E-state index < -0.39 is 0 Å². The van der Waals surface area contributed by atoms with E-state index in [4.69, 9.17) is 0 Å². The van der Waals surface area contributed by atoms with Crippen molar-refractivity contribution in [3.8, 4) is 0 Å².